The highest BCUT2D eigenvalue weighted by atomic mass is 127. The van der Waals surface area contributed by atoms with E-state index in [9.17, 15) is 8.78 Å². The van der Waals surface area contributed by atoms with E-state index in [-0.39, 0.29) is 12.3 Å². The van der Waals surface area contributed by atoms with Gasteiger partial charge in [-0.25, -0.2) is 13.8 Å². The number of aliphatic hydroxyl groups excluding tert-OH is 1. The number of alkyl halides is 2. The summed E-state index contributed by atoms with van der Waals surface area (Å²) in [6.45, 7) is -0.174. The third kappa shape index (κ3) is 2.69. The zero-order chi connectivity index (χ0) is 10.0. The Labute approximate surface area is 101 Å². The maximum absolute atomic E-state index is 12.2. The van der Waals surface area contributed by atoms with Gasteiger partial charge in [0.2, 0.25) is 0 Å². The van der Waals surface area contributed by atoms with Gasteiger partial charge in [0.1, 0.15) is 9.39 Å². The van der Waals surface area contributed by atoms with E-state index in [1.54, 1.807) is 0 Å². The molecule has 1 aromatic heterocycles. The van der Waals surface area contributed by atoms with Crippen LogP contribution in [0, 0.1) is 7.27 Å². The zero-order valence-electron chi connectivity index (χ0n) is 6.27. The molecule has 72 valence electrons. The molecule has 0 saturated carbocycles. The van der Waals surface area contributed by atoms with Gasteiger partial charge in [-0.1, -0.05) is 0 Å². The predicted octanol–water partition coefficient (Wildman–Crippen LogP) is 2.72. The van der Waals surface area contributed by atoms with Crippen molar-refractivity contribution >= 4 is 45.2 Å². The van der Waals surface area contributed by atoms with Crippen LogP contribution in [0.3, 0.4) is 0 Å². The molecule has 1 N–H and O–H groups in total. The fourth-order valence-corrected chi connectivity index (χ4v) is 2.78. The summed E-state index contributed by atoms with van der Waals surface area (Å²) in [5, 5.41) is 8.89. The minimum Gasteiger partial charge on any atom is -0.392 e. The standard InChI is InChI=1S/C7H5F2I2NO/c8-6(9)5-1-4(10)3(2-13)7(11)12-5/h1,6,13H,2H2. The minimum absolute atomic E-state index is 0.174. The number of aromatic nitrogens is 1. The molecular formula is C7H5F2I2NO. The van der Waals surface area contributed by atoms with Gasteiger partial charge in [-0.3, -0.25) is 0 Å². The molecule has 0 radical (unpaired) electrons. The van der Waals surface area contributed by atoms with Gasteiger partial charge in [0, 0.05) is 9.13 Å². The Morgan fingerprint density at radius 3 is 2.46 bits per heavy atom. The molecule has 0 spiro atoms. The Kier molecular flexibility index (Phi) is 4.23. The molecule has 2 nitrogen and oxygen atoms in total. The average Bonchev–Trinajstić information content (AvgIpc) is 2.03. The topological polar surface area (TPSA) is 33.1 Å². The number of hydrogen-bond acceptors (Lipinski definition) is 2. The van der Waals surface area contributed by atoms with Gasteiger partial charge in [-0.05, 0) is 51.2 Å². The van der Waals surface area contributed by atoms with Crippen LogP contribution in [0.4, 0.5) is 8.78 Å². The summed E-state index contributed by atoms with van der Waals surface area (Å²) in [4.78, 5) is 3.68. The fraction of sp³-hybridized carbons (Fsp3) is 0.286. The number of nitrogens with zero attached hydrogens (tertiary/aromatic N) is 1. The van der Waals surface area contributed by atoms with Gasteiger partial charge >= 0.3 is 0 Å². The van der Waals surface area contributed by atoms with E-state index in [4.69, 9.17) is 5.11 Å². The van der Waals surface area contributed by atoms with E-state index in [1.807, 2.05) is 45.2 Å². The van der Waals surface area contributed by atoms with Crippen molar-refractivity contribution in [3.05, 3.63) is 24.6 Å². The number of hydrogen-bond donors (Lipinski definition) is 1. The highest BCUT2D eigenvalue weighted by Crippen LogP contribution is 2.24. The normalized spacial score (nSPS) is 10.9. The highest BCUT2D eigenvalue weighted by Gasteiger charge is 2.14. The number of pyridine rings is 1. The minimum atomic E-state index is -2.56. The van der Waals surface area contributed by atoms with Crippen molar-refractivity contribution in [1.82, 2.24) is 4.98 Å². The molecule has 0 amide bonds. The molecule has 0 saturated heterocycles. The van der Waals surface area contributed by atoms with Crippen LogP contribution in [0.1, 0.15) is 17.7 Å². The molecule has 1 aromatic rings. The van der Waals surface area contributed by atoms with Crippen LogP contribution in [-0.2, 0) is 6.61 Å². The van der Waals surface area contributed by atoms with E-state index in [0.29, 0.717) is 12.8 Å². The van der Waals surface area contributed by atoms with Crippen molar-refractivity contribution in [1.29, 1.82) is 0 Å². The zero-order valence-corrected chi connectivity index (χ0v) is 10.6. The van der Waals surface area contributed by atoms with Crippen LogP contribution >= 0.6 is 45.2 Å². The predicted molar refractivity (Wildman–Crippen MR) is 60.6 cm³/mol. The van der Waals surface area contributed by atoms with Gasteiger partial charge < -0.3 is 5.11 Å². The van der Waals surface area contributed by atoms with Crippen molar-refractivity contribution in [2.45, 2.75) is 13.0 Å². The summed E-state index contributed by atoms with van der Waals surface area (Å²) in [7, 11) is 0. The van der Waals surface area contributed by atoms with Crippen LogP contribution in [0.25, 0.3) is 0 Å². The van der Waals surface area contributed by atoms with Crippen molar-refractivity contribution in [3.63, 3.8) is 0 Å². The van der Waals surface area contributed by atoms with Crippen LogP contribution in [-0.4, -0.2) is 10.1 Å². The molecule has 0 aliphatic rings. The monoisotopic (exact) mass is 411 g/mol. The molecule has 0 aliphatic carbocycles. The maximum atomic E-state index is 12.2. The second kappa shape index (κ2) is 4.78. The van der Waals surface area contributed by atoms with Gasteiger partial charge in [-0.2, -0.15) is 0 Å². The summed E-state index contributed by atoms with van der Waals surface area (Å²) in [6.07, 6.45) is -2.56. The molecule has 0 atom stereocenters. The molecule has 6 heteroatoms. The van der Waals surface area contributed by atoms with Crippen molar-refractivity contribution in [3.8, 4) is 0 Å². The molecule has 0 aromatic carbocycles. The lowest BCUT2D eigenvalue weighted by molar-refractivity contribution is 0.145. The molecule has 0 aliphatic heterocycles. The molecule has 0 bridgehead atoms. The second-order valence-corrected chi connectivity index (χ2v) is 4.44. The van der Waals surface area contributed by atoms with Gasteiger partial charge in [0.05, 0.1) is 6.61 Å². The van der Waals surface area contributed by atoms with Crippen LogP contribution in [0.5, 0.6) is 0 Å². The van der Waals surface area contributed by atoms with Crippen molar-refractivity contribution in [2.75, 3.05) is 0 Å². The molecule has 1 heterocycles. The van der Waals surface area contributed by atoms with E-state index in [2.05, 4.69) is 4.98 Å². The maximum Gasteiger partial charge on any atom is 0.280 e. The number of aliphatic hydroxyl groups is 1. The average molecular weight is 411 g/mol. The lowest BCUT2D eigenvalue weighted by Crippen LogP contribution is -2.01. The smallest absolute Gasteiger partial charge is 0.280 e. The molecule has 13 heavy (non-hydrogen) atoms. The second-order valence-electron chi connectivity index (χ2n) is 2.26. The van der Waals surface area contributed by atoms with E-state index in [0.717, 1.165) is 0 Å². The first-order valence-electron chi connectivity index (χ1n) is 3.30. The van der Waals surface area contributed by atoms with Crippen LogP contribution in [0.2, 0.25) is 0 Å². The largest absolute Gasteiger partial charge is 0.392 e. The summed E-state index contributed by atoms with van der Waals surface area (Å²) in [5.41, 5.74) is 0.358. The number of halogens is 4. The Bertz CT molecular complexity index is 296. The Balaban J connectivity index is 3.20. The third-order valence-electron chi connectivity index (χ3n) is 1.42. The summed E-state index contributed by atoms with van der Waals surface area (Å²) < 4.78 is 25.5. The first-order valence-corrected chi connectivity index (χ1v) is 5.45. The van der Waals surface area contributed by atoms with E-state index >= 15 is 0 Å². The molecule has 0 fully saturated rings. The van der Waals surface area contributed by atoms with Crippen LogP contribution in [0.15, 0.2) is 6.07 Å². The van der Waals surface area contributed by atoms with Crippen molar-refractivity contribution in [2.24, 2.45) is 0 Å². The third-order valence-corrected chi connectivity index (χ3v) is 3.28. The first-order chi connectivity index (χ1) is 6.06. The van der Waals surface area contributed by atoms with Gasteiger partial charge in [0.15, 0.2) is 0 Å². The van der Waals surface area contributed by atoms with Gasteiger partial charge in [-0.15, -0.1) is 0 Å². The van der Waals surface area contributed by atoms with E-state index < -0.39 is 6.43 Å². The highest BCUT2D eigenvalue weighted by molar-refractivity contribution is 14.1. The summed E-state index contributed by atoms with van der Waals surface area (Å²) >= 11 is 3.74. The van der Waals surface area contributed by atoms with Crippen molar-refractivity contribution < 1.29 is 13.9 Å². The quantitative estimate of drug-likeness (QED) is 0.600. The Hall–Kier alpha value is 0.430. The molecular weight excluding hydrogens is 406 g/mol. The SMILES string of the molecule is OCc1c(I)cc(C(F)F)nc1I. The van der Waals surface area contributed by atoms with E-state index in [1.165, 1.54) is 6.07 Å². The Morgan fingerprint density at radius 2 is 2.08 bits per heavy atom. The van der Waals surface area contributed by atoms with Gasteiger partial charge in [0.25, 0.3) is 6.43 Å². The van der Waals surface area contributed by atoms with Crippen LogP contribution < -0.4 is 0 Å². The first kappa shape index (κ1) is 11.5. The Morgan fingerprint density at radius 1 is 1.46 bits per heavy atom. The summed E-state index contributed by atoms with van der Waals surface area (Å²) in [5.74, 6) is 0. The lowest BCUT2D eigenvalue weighted by atomic mass is 10.2. The fourth-order valence-electron chi connectivity index (χ4n) is 0.781. The summed E-state index contributed by atoms with van der Waals surface area (Å²) in [6, 6.07) is 1.29. The lowest BCUT2D eigenvalue weighted by Gasteiger charge is -2.06. The number of rotatable bonds is 2. The molecule has 1 rings (SSSR count). The molecule has 0 unspecified atom stereocenters.